The Morgan fingerprint density at radius 2 is 1.34 bits per heavy atom. The van der Waals surface area contributed by atoms with Crippen molar-refractivity contribution in [2.24, 2.45) is 5.10 Å². The van der Waals surface area contributed by atoms with E-state index < -0.39 is 27.1 Å². The standard InChI is InChI=1S/C23H28N4O5/c1-22(2,3)17-7-16(8-18(12-17)23(4,5)6)14-24-25-21(28)11-15-9-19(26(29)30)13-20(10-15)27(31)32/h7-10,12-14H,11H2,1-6H3,(H,25,28). The molecule has 0 saturated carbocycles. The lowest BCUT2D eigenvalue weighted by Gasteiger charge is -2.25. The fourth-order valence-electron chi connectivity index (χ4n) is 2.97. The molecule has 1 N–H and O–H groups in total. The molecule has 0 atom stereocenters. The summed E-state index contributed by atoms with van der Waals surface area (Å²) in [6.07, 6.45) is 1.26. The van der Waals surface area contributed by atoms with Gasteiger partial charge in [0.2, 0.25) is 5.91 Å². The topological polar surface area (TPSA) is 128 Å². The molecule has 0 fully saturated rings. The number of amides is 1. The Morgan fingerprint density at radius 1 is 0.875 bits per heavy atom. The van der Waals surface area contributed by atoms with Gasteiger partial charge in [-0.1, -0.05) is 47.6 Å². The second-order valence-electron chi connectivity index (χ2n) is 9.69. The number of hydrazone groups is 1. The second-order valence-corrected chi connectivity index (χ2v) is 9.69. The lowest BCUT2D eigenvalue weighted by Crippen LogP contribution is -2.20. The molecule has 0 unspecified atom stereocenters. The number of hydrogen-bond acceptors (Lipinski definition) is 6. The van der Waals surface area contributed by atoms with Crippen LogP contribution >= 0.6 is 0 Å². The van der Waals surface area contributed by atoms with E-state index in [4.69, 9.17) is 0 Å². The van der Waals surface area contributed by atoms with Gasteiger partial charge in [-0.05, 0) is 45.2 Å². The molecule has 0 spiro atoms. The smallest absolute Gasteiger partial charge is 0.273 e. The van der Waals surface area contributed by atoms with Crippen molar-refractivity contribution in [3.63, 3.8) is 0 Å². The first-order valence-corrected chi connectivity index (χ1v) is 10.1. The van der Waals surface area contributed by atoms with Gasteiger partial charge < -0.3 is 0 Å². The number of benzene rings is 2. The van der Waals surface area contributed by atoms with Crippen LogP contribution in [0.25, 0.3) is 0 Å². The molecule has 0 saturated heterocycles. The van der Waals surface area contributed by atoms with Crippen molar-refractivity contribution in [1.29, 1.82) is 0 Å². The fourth-order valence-corrected chi connectivity index (χ4v) is 2.97. The molecule has 2 aromatic carbocycles. The Bertz CT molecular complexity index is 1010. The summed E-state index contributed by atoms with van der Waals surface area (Å²) in [5, 5.41) is 26.0. The zero-order chi connectivity index (χ0) is 24.3. The molecule has 0 heterocycles. The van der Waals surface area contributed by atoms with Crippen LogP contribution in [-0.4, -0.2) is 22.0 Å². The Kier molecular flexibility index (Phi) is 7.13. The average Bonchev–Trinajstić information content (AvgIpc) is 2.66. The molecular formula is C23H28N4O5. The van der Waals surface area contributed by atoms with Crippen LogP contribution in [-0.2, 0) is 22.0 Å². The van der Waals surface area contributed by atoms with Gasteiger partial charge in [0.15, 0.2) is 0 Å². The van der Waals surface area contributed by atoms with Crippen LogP contribution in [0.2, 0.25) is 0 Å². The molecule has 2 aromatic rings. The highest BCUT2D eigenvalue weighted by Gasteiger charge is 2.20. The van der Waals surface area contributed by atoms with Crippen LogP contribution in [0.15, 0.2) is 41.5 Å². The lowest BCUT2D eigenvalue weighted by atomic mass is 9.80. The van der Waals surface area contributed by atoms with Gasteiger partial charge in [0, 0.05) is 12.1 Å². The van der Waals surface area contributed by atoms with E-state index >= 15 is 0 Å². The van der Waals surface area contributed by atoms with Gasteiger partial charge in [0.25, 0.3) is 11.4 Å². The predicted octanol–water partition coefficient (Wildman–Crippen LogP) is 4.79. The van der Waals surface area contributed by atoms with E-state index in [1.807, 2.05) is 12.1 Å². The van der Waals surface area contributed by atoms with Gasteiger partial charge >= 0.3 is 0 Å². The van der Waals surface area contributed by atoms with Crippen molar-refractivity contribution < 1.29 is 14.6 Å². The molecule has 0 aromatic heterocycles. The molecule has 9 nitrogen and oxygen atoms in total. The summed E-state index contributed by atoms with van der Waals surface area (Å²) in [4.78, 5) is 32.8. The Hall–Kier alpha value is -3.62. The normalized spacial score (nSPS) is 12.1. The number of carbonyl (C=O) groups is 1. The zero-order valence-corrected chi connectivity index (χ0v) is 19.1. The van der Waals surface area contributed by atoms with Crippen molar-refractivity contribution >= 4 is 23.5 Å². The summed E-state index contributed by atoms with van der Waals surface area (Å²) in [6.45, 7) is 12.7. The molecular weight excluding hydrogens is 412 g/mol. The molecule has 32 heavy (non-hydrogen) atoms. The third-order valence-corrected chi connectivity index (χ3v) is 4.84. The van der Waals surface area contributed by atoms with Crippen LogP contribution in [0.5, 0.6) is 0 Å². The number of rotatable bonds is 6. The minimum atomic E-state index is -0.735. The quantitative estimate of drug-likeness (QED) is 0.392. The first-order valence-electron chi connectivity index (χ1n) is 10.1. The first kappa shape index (κ1) is 24.6. The van der Waals surface area contributed by atoms with Crippen molar-refractivity contribution in [3.8, 4) is 0 Å². The summed E-state index contributed by atoms with van der Waals surface area (Å²) in [7, 11) is 0. The maximum atomic E-state index is 12.3. The molecule has 0 aliphatic rings. The number of carbonyl (C=O) groups excluding carboxylic acids is 1. The first-order chi connectivity index (χ1) is 14.7. The second kappa shape index (κ2) is 9.25. The van der Waals surface area contributed by atoms with Gasteiger partial charge in [-0.15, -0.1) is 0 Å². The van der Waals surface area contributed by atoms with Crippen molar-refractivity contribution in [1.82, 2.24) is 5.43 Å². The highest BCUT2D eigenvalue weighted by Crippen LogP contribution is 2.30. The van der Waals surface area contributed by atoms with E-state index in [1.165, 1.54) is 6.21 Å². The minimum absolute atomic E-state index is 0.0656. The zero-order valence-electron chi connectivity index (χ0n) is 19.1. The van der Waals surface area contributed by atoms with E-state index in [2.05, 4.69) is 58.1 Å². The van der Waals surface area contributed by atoms with Crippen LogP contribution in [0.1, 0.15) is 63.8 Å². The number of nitrogens with zero attached hydrogens (tertiary/aromatic N) is 3. The number of nitro benzene ring substituents is 2. The Morgan fingerprint density at radius 3 is 1.75 bits per heavy atom. The van der Waals surface area contributed by atoms with Crippen LogP contribution < -0.4 is 5.43 Å². The number of hydrogen-bond donors (Lipinski definition) is 1. The molecule has 2 rings (SSSR count). The maximum absolute atomic E-state index is 12.3. The highest BCUT2D eigenvalue weighted by molar-refractivity contribution is 5.84. The summed E-state index contributed by atoms with van der Waals surface area (Å²) < 4.78 is 0. The predicted molar refractivity (Wildman–Crippen MR) is 123 cm³/mol. The van der Waals surface area contributed by atoms with Crippen LogP contribution in [0, 0.1) is 20.2 Å². The molecule has 0 aliphatic heterocycles. The third kappa shape index (κ3) is 6.69. The minimum Gasteiger partial charge on any atom is -0.273 e. The summed E-state index contributed by atoms with van der Waals surface area (Å²) in [5.41, 5.74) is 4.63. The third-order valence-electron chi connectivity index (χ3n) is 4.84. The van der Waals surface area contributed by atoms with Gasteiger partial charge in [-0.3, -0.25) is 25.0 Å². The summed E-state index contributed by atoms with van der Waals surface area (Å²) in [6, 6.07) is 9.32. The average molecular weight is 441 g/mol. The largest absolute Gasteiger partial charge is 0.276 e. The monoisotopic (exact) mass is 440 g/mol. The molecule has 0 bridgehead atoms. The van der Waals surface area contributed by atoms with E-state index in [1.54, 1.807) is 0 Å². The number of nitrogens with one attached hydrogen (secondary N) is 1. The van der Waals surface area contributed by atoms with Gasteiger partial charge in [0.05, 0.1) is 28.5 Å². The van der Waals surface area contributed by atoms with E-state index in [-0.39, 0.29) is 22.8 Å². The molecule has 0 radical (unpaired) electrons. The fraction of sp³-hybridized carbons (Fsp3) is 0.391. The Labute approximate surface area is 186 Å². The molecule has 170 valence electrons. The van der Waals surface area contributed by atoms with Crippen molar-refractivity contribution in [2.75, 3.05) is 0 Å². The molecule has 1 amide bonds. The van der Waals surface area contributed by atoms with Gasteiger partial charge in [0.1, 0.15) is 0 Å². The van der Waals surface area contributed by atoms with E-state index in [9.17, 15) is 25.0 Å². The van der Waals surface area contributed by atoms with Gasteiger partial charge in [-0.2, -0.15) is 5.10 Å². The molecule has 0 aliphatic carbocycles. The van der Waals surface area contributed by atoms with Crippen LogP contribution in [0.3, 0.4) is 0 Å². The Balaban J connectivity index is 2.21. The molecule has 9 heteroatoms. The number of nitro groups is 2. The van der Waals surface area contributed by atoms with Gasteiger partial charge in [-0.25, -0.2) is 5.43 Å². The lowest BCUT2D eigenvalue weighted by molar-refractivity contribution is -0.394. The van der Waals surface area contributed by atoms with Crippen molar-refractivity contribution in [3.05, 3.63) is 78.9 Å². The maximum Gasteiger partial charge on any atom is 0.276 e. The van der Waals surface area contributed by atoms with Crippen molar-refractivity contribution in [2.45, 2.75) is 58.8 Å². The summed E-state index contributed by atoms with van der Waals surface area (Å²) >= 11 is 0. The van der Waals surface area contributed by atoms with E-state index in [0.717, 1.165) is 34.9 Å². The van der Waals surface area contributed by atoms with E-state index in [0.29, 0.717) is 0 Å². The van der Waals surface area contributed by atoms with Crippen LogP contribution in [0.4, 0.5) is 11.4 Å². The summed E-state index contributed by atoms with van der Waals surface area (Å²) in [5.74, 6) is -0.543. The number of non-ortho nitro benzene ring substituents is 2. The highest BCUT2D eigenvalue weighted by atomic mass is 16.6. The SMILES string of the molecule is CC(C)(C)c1cc(C=NNC(=O)Cc2cc([N+](=O)[O-])cc([N+](=O)[O-])c2)cc(C(C)(C)C)c1.